The molecule has 0 unspecified atom stereocenters. The molecule has 16 heteroatoms. The zero-order valence-electron chi connectivity index (χ0n) is 46.5. The highest BCUT2D eigenvalue weighted by Gasteiger charge is 2.25. The summed E-state index contributed by atoms with van der Waals surface area (Å²) >= 11 is 0. The van der Waals surface area contributed by atoms with Gasteiger partial charge >= 0.3 is 0 Å². The number of nitrogens with zero attached hydrogens (tertiary/aromatic N) is 8. The molecular formula is C60H88N8O8. The minimum Gasteiger partial charge on any atom is -0.346 e. The van der Waals surface area contributed by atoms with E-state index in [1.54, 1.807) is 19.6 Å². The van der Waals surface area contributed by atoms with Crippen molar-refractivity contribution in [1.82, 2.24) is 24.5 Å². The van der Waals surface area contributed by atoms with Gasteiger partial charge in [0.1, 0.15) is 0 Å². The van der Waals surface area contributed by atoms with Gasteiger partial charge < -0.3 is 39.2 Å². The molecule has 416 valence electrons. The Kier molecular flexibility index (Phi) is 28.4. The molecule has 0 bridgehead atoms. The maximum absolute atomic E-state index is 11.5. The number of unbranched alkanes of at least 4 members (excludes halogenated alkanes) is 1. The number of piperidine rings is 2. The number of hydrogen-bond acceptors (Lipinski definition) is 8. The monoisotopic (exact) mass is 1050 g/mol. The minimum absolute atomic E-state index is 0.233. The maximum atomic E-state index is 11.5. The van der Waals surface area contributed by atoms with Crippen LogP contribution in [-0.4, -0.2) is 159 Å². The van der Waals surface area contributed by atoms with Gasteiger partial charge in [-0.25, -0.2) is 0 Å². The Hall–Kier alpha value is -6.58. The zero-order valence-corrected chi connectivity index (χ0v) is 46.5. The average Bonchev–Trinajstić information content (AvgIpc) is 4.15. The molecule has 8 aliphatic rings. The van der Waals surface area contributed by atoms with E-state index in [1.807, 2.05) is 139 Å². The lowest BCUT2D eigenvalue weighted by Gasteiger charge is -2.30. The summed E-state index contributed by atoms with van der Waals surface area (Å²) in [6, 6.07) is 29.5. The predicted molar refractivity (Wildman–Crippen MR) is 302 cm³/mol. The van der Waals surface area contributed by atoms with Crippen LogP contribution in [0.4, 0.5) is 17.1 Å². The van der Waals surface area contributed by atoms with Crippen molar-refractivity contribution in [2.24, 2.45) is 0 Å². The van der Waals surface area contributed by atoms with Crippen LogP contribution in [0.25, 0.3) is 0 Å². The van der Waals surface area contributed by atoms with Gasteiger partial charge in [-0.15, -0.1) is 0 Å². The molecule has 16 nitrogen and oxygen atoms in total. The molecule has 0 N–H and O–H groups in total. The molecule has 8 saturated heterocycles. The molecule has 8 fully saturated rings. The molecule has 0 atom stereocenters. The first-order chi connectivity index (χ1) is 36.7. The molecule has 76 heavy (non-hydrogen) atoms. The van der Waals surface area contributed by atoms with E-state index in [-0.39, 0.29) is 23.6 Å². The number of rotatable bonds is 6. The minimum atomic E-state index is 0.233. The SMILES string of the molecule is CCCCN1CCCC1=O.CN1CCC1=O.CN1CCCC1=O.CN1CCCCC1=O.CN1CCCCCC1=O.O=C1CCCCN1c1ccccc1.O=C1CCCN1c1ccccc1.O=C1CCN1c1ccccc1. The molecule has 8 aliphatic heterocycles. The largest absolute Gasteiger partial charge is 0.346 e. The van der Waals surface area contributed by atoms with Crippen LogP contribution in [0.2, 0.25) is 0 Å². The van der Waals surface area contributed by atoms with Crippen LogP contribution in [-0.2, 0) is 38.4 Å². The highest BCUT2D eigenvalue weighted by molar-refractivity contribution is 5.99. The van der Waals surface area contributed by atoms with Crippen molar-refractivity contribution in [2.45, 2.75) is 135 Å². The summed E-state index contributed by atoms with van der Waals surface area (Å²) < 4.78 is 0. The van der Waals surface area contributed by atoms with Crippen molar-refractivity contribution in [1.29, 1.82) is 0 Å². The van der Waals surface area contributed by atoms with Crippen molar-refractivity contribution in [2.75, 3.05) is 102 Å². The summed E-state index contributed by atoms with van der Waals surface area (Å²) in [5, 5.41) is 0. The van der Waals surface area contributed by atoms with E-state index in [9.17, 15) is 38.4 Å². The Morgan fingerprint density at radius 2 is 0.618 bits per heavy atom. The maximum Gasteiger partial charge on any atom is 0.228 e. The van der Waals surface area contributed by atoms with Crippen LogP contribution in [0, 0.1) is 0 Å². The average molecular weight is 1050 g/mol. The van der Waals surface area contributed by atoms with Gasteiger partial charge in [0.2, 0.25) is 47.3 Å². The molecule has 0 aromatic heterocycles. The van der Waals surface area contributed by atoms with Gasteiger partial charge in [-0.3, -0.25) is 38.4 Å². The molecule has 0 radical (unpaired) electrons. The van der Waals surface area contributed by atoms with E-state index in [1.165, 1.54) is 25.7 Å². The number of para-hydroxylation sites is 3. The quantitative estimate of drug-likeness (QED) is 0.222. The first-order valence-corrected chi connectivity index (χ1v) is 28.0. The first kappa shape index (κ1) is 62.0. The Morgan fingerprint density at radius 1 is 0.303 bits per heavy atom. The van der Waals surface area contributed by atoms with Gasteiger partial charge in [-0.05, 0) is 101 Å². The molecule has 8 heterocycles. The number of β-lactam (4-membered cyclic amide) rings is 2. The molecule has 11 rings (SSSR count). The lowest BCUT2D eigenvalue weighted by molar-refractivity contribution is -0.138. The normalized spacial score (nSPS) is 19.0. The number of carbonyl (C=O) groups excluding carboxylic acids is 8. The fourth-order valence-corrected chi connectivity index (χ4v) is 8.97. The smallest absolute Gasteiger partial charge is 0.228 e. The third kappa shape index (κ3) is 22.3. The van der Waals surface area contributed by atoms with E-state index in [0.717, 1.165) is 159 Å². The molecule has 0 aliphatic carbocycles. The summed E-state index contributed by atoms with van der Waals surface area (Å²) in [7, 11) is 7.40. The Morgan fingerprint density at radius 3 is 0.961 bits per heavy atom. The molecular weight excluding hydrogens is 961 g/mol. The highest BCUT2D eigenvalue weighted by atomic mass is 16.2. The van der Waals surface area contributed by atoms with Gasteiger partial charge in [0.05, 0.1) is 0 Å². The van der Waals surface area contributed by atoms with Crippen molar-refractivity contribution in [3.8, 4) is 0 Å². The first-order valence-electron chi connectivity index (χ1n) is 28.0. The molecule has 8 amide bonds. The third-order valence-electron chi connectivity index (χ3n) is 14.2. The number of anilines is 3. The number of likely N-dealkylation sites (tertiary alicyclic amines) is 5. The van der Waals surface area contributed by atoms with Crippen molar-refractivity contribution < 1.29 is 38.4 Å². The van der Waals surface area contributed by atoms with Crippen LogP contribution < -0.4 is 14.7 Å². The molecule has 3 aromatic rings. The lowest BCUT2D eigenvalue weighted by atomic mass is 10.1. The number of amides is 8. The van der Waals surface area contributed by atoms with E-state index in [4.69, 9.17) is 0 Å². The van der Waals surface area contributed by atoms with Crippen molar-refractivity contribution >= 4 is 64.3 Å². The second kappa shape index (κ2) is 34.9. The molecule has 0 saturated carbocycles. The van der Waals surface area contributed by atoms with Gasteiger partial charge in [0.15, 0.2) is 0 Å². The predicted octanol–water partition coefficient (Wildman–Crippen LogP) is 8.58. The second-order valence-electron chi connectivity index (χ2n) is 20.2. The standard InChI is InChI=1S/C11H13NO.C10H11NO.C9H9NO.C8H15NO.C7H13NO.C6H11NO.C5H9NO.C4H7NO/c13-11-8-4-5-9-12(11)10-6-2-1-3-7-10;12-10-7-4-8-11(10)9-5-2-1-3-6-9;11-9-6-7-10(9)8-4-2-1-3-5-8;1-2-3-6-9-7-4-5-8(9)10;1-8-6-4-2-3-5-7(8)9;1-7-5-3-2-4-6(7)8;1-6-4-2-3-5(6)7;1-5-3-2-4(5)6/h1-3,6-7H,4-5,8-9H2;1-3,5-6H,4,7-8H2;1-5H,6-7H2;2-7H2,1H3;2-6H2,1H3;2-5H2,1H3;2-4H2,1H3;2-3H2,1H3. The summed E-state index contributed by atoms with van der Waals surface area (Å²) in [5.74, 6) is 2.28. The van der Waals surface area contributed by atoms with Gasteiger partial charge in [-0.1, -0.05) is 74.4 Å². The topological polar surface area (TPSA) is 162 Å². The zero-order chi connectivity index (χ0) is 55.1. The van der Waals surface area contributed by atoms with E-state index < -0.39 is 0 Å². The van der Waals surface area contributed by atoms with E-state index >= 15 is 0 Å². The van der Waals surface area contributed by atoms with Crippen LogP contribution in [0.5, 0.6) is 0 Å². The van der Waals surface area contributed by atoms with Crippen LogP contribution in [0.3, 0.4) is 0 Å². The van der Waals surface area contributed by atoms with Crippen molar-refractivity contribution in [3.05, 3.63) is 91.0 Å². The van der Waals surface area contributed by atoms with Crippen LogP contribution in [0.15, 0.2) is 91.0 Å². The Bertz CT molecular complexity index is 2250. The van der Waals surface area contributed by atoms with E-state index in [2.05, 4.69) is 6.92 Å². The lowest BCUT2D eigenvalue weighted by Crippen LogP contribution is -2.43. The van der Waals surface area contributed by atoms with Gasteiger partial charge in [-0.2, -0.15) is 0 Å². The van der Waals surface area contributed by atoms with Crippen molar-refractivity contribution in [3.63, 3.8) is 0 Å². The number of benzene rings is 3. The summed E-state index contributed by atoms with van der Waals surface area (Å²) in [6.07, 6.45) is 19.3. The fraction of sp³-hybridized carbons (Fsp3) is 0.567. The third-order valence-corrected chi connectivity index (χ3v) is 14.2. The molecule has 0 spiro atoms. The van der Waals surface area contributed by atoms with Gasteiger partial charge in [0.25, 0.3) is 0 Å². The highest BCUT2D eigenvalue weighted by Crippen LogP contribution is 2.22. The summed E-state index contributed by atoms with van der Waals surface area (Å²) in [5.41, 5.74) is 3.08. The number of hydrogen-bond donors (Lipinski definition) is 0. The van der Waals surface area contributed by atoms with E-state index in [0.29, 0.717) is 42.9 Å². The van der Waals surface area contributed by atoms with Crippen LogP contribution in [0.1, 0.15) is 135 Å². The number of carbonyl (C=O) groups is 8. The Labute approximate surface area is 453 Å². The fourth-order valence-electron chi connectivity index (χ4n) is 8.97. The second-order valence-corrected chi connectivity index (χ2v) is 20.2. The van der Waals surface area contributed by atoms with Gasteiger partial charge in [0, 0.05) is 156 Å². The summed E-state index contributed by atoms with van der Waals surface area (Å²) in [4.78, 5) is 102. The molecule has 3 aromatic carbocycles. The summed E-state index contributed by atoms with van der Waals surface area (Å²) in [6.45, 7) is 10.6. The van der Waals surface area contributed by atoms with Crippen LogP contribution >= 0.6 is 0 Å². The Balaban J connectivity index is 0.000000190.